The maximum atomic E-state index is 12.9. The molecule has 0 saturated carbocycles. The van der Waals surface area contributed by atoms with Crippen molar-refractivity contribution in [2.24, 2.45) is 0 Å². The Kier molecular flexibility index (Phi) is 4.42. The van der Waals surface area contributed by atoms with Gasteiger partial charge in [-0.1, -0.05) is 6.07 Å². The van der Waals surface area contributed by atoms with E-state index in [1.165, 1.54) is 24.3 Å². The van der Waals surface area contributed by atoms with E-state index in [4.69, 9.17) is 4.74 Å². The molecule has 1 aromatic heterocycles. The van der Waals surface area contributed by atoms with Gasteiger partial charge >= 0.3 is 0 Å². The van der Waals surface area contributed by atoms with Crippen molar-refractivity contribution >= 4 is 22.5 Å². The van der Waals surface area contributed by atoms with Crippen LogP contribution in [0, 0.1) is 12.7 Å². The van der Waals surface area contributed by atoms with Gasteiger partial charge in [0.15, 0.2) is 6.10 Å². The van der Waals surface area contributed by atoms with Crippen LogP contribution in [0.4, 0.5) is 10.1 Å². The molecule has 0 bridgehead atoms. The van der Waals surface area contributed by atoms with Gasteiger partial charge in [-0.2, -0.15) is 0 Å². The van der Waals surface area contributed by atoms with Gasteiger partial charge in [-0.3, -0.25) is 9.78 Å². The van der Waals surface area contributed by atoms with Crippen LogP contribution in [0.15, 0.2) is 54.7 Å². The highest BCUT2D eigenvalue weighted by Crippen LogP contribution is 2.25. The Bertz CT molecular complexity index is 878. The third kappa shape index (κ3) is 3.35. The molecule has 0 saturated heterocycles. The van der Waals surface area contributed by atoms with Crippen LogP contribution < -0.4 is 10.1 Å². The summed E-state index contributed by atoms with van der Waals surface area (Å²) in [4.78, 5) is 16.7. The van der Waals surface area contributed by atoms with E-state index < -0.39 is 6.10 Å². The summed E-state index contributed by atoms with van der Waals surface area (Å²) < 4.78 is 18.5. The second-order valence-electron chi connectivity index (χ2n) is 5.53. The highest BCUT2D eigenvalue weighted by molar-refractivity contribution is 6.03. The van der Waals surface area contributed by atoms with E-state index in [1.54, 1.807) is 13.1 Å². The van der Waals surface area contributed by atoms with E-state index in [0.717, 1.165) is 16.5 Å². The monoisotopic (exact) mass is 324 g/mol. The molecule has 1 unspecified atom stereocenters. The lowest BCUT2D eigenvalue weighted by molar-refractivity contribution is -0.122. The predicted molar refractivity (Wildman–Crippen MR) is 91.6 cm³/mol. The van der Waals surface area contributed by atoms with Crippen LogP contribution in [0.25, 0.3) is 10.9 Å². The van der Waals surface area contributed by atoms with E-state index in [1.807, 2.05) is 31.2 Å². The number of anilines is 1. The molecule has 0 spiro atoms. The molecule has 0 fully saturated rings. The first-order valence-corrected chi connectivity index (χ1v) is 7.62. The number of nitrogens with zero attached hydrogens (tertiary/aromatic N) is 1. The Morgan fingerprint density at radius 3 is 2.67 bits per heavy atom. The number of hydrogen-bond acceptors (Lipinski definition) is 3. The zero-order chi connectivity index (χ0) is 17.1. The SMILES string of the molecule is Cc1ccc(NC(=O)C(C)Oc2ccc(F)cc2)c2cccnc12. The lowest BCUT2D eigenvalue weighted by Crippen LogP contribution is -2.30. The number of amides is 1. The van der Waals surface area contributed by atoms with Crippen molar-refractivity contribution in [3.05, 3.63) is 66.1 Å². The molecule has 0 aliphatic carbocycles. The fourth-order valence-corrected chi connectivity index (χ4v) is 2.43. The first-order chi connectivity index (χ1) is 11.5. The fourth-order valence-electron chi connectivity index (χ4n) is 2.43. The Morgan fingerprint density at radius 1 is 1.17 bits per heavy atom. The number of aryl methyl sites for hydroxylation is 1. The number of pyridine rings is 1. The molecule has 4 nitrogen and oxygen atoms in total. The zero-order valence-electron chi connectivity index (χ0n) is 13.4. The molecule has 1 amide bonds. The van der Waals surface area contributed by atoms with Crippen LogP contribution in [0.5, 0.6) is 5.75 Å². The molecule has 3 rings (SSSR count). The maximum absolute atomic E-state index is 12.9. The summed E-state index contributed by atoms with van der Waals surface area (Å²) in [5.74, 6) is -0.194. The number of halogens is 1. The van der Waals surface area contributed by atoms with E-state index >= 15 is 0 Å². The summed E-state index contributed by atoms with van der Waals surface area (Å²) in [6.45, 7) is 3.62. The van der Waals surface area contributed by atoms with Crippen LogP contribution in [-0.2, 0) is 4.79 Å². The molecule has 5 heteroatoms. The summed E-state index contributed by atoms with van der Waals surface area (Å²) in [6, 6.07) is 13.1. The van der Waals surface area contributed by atoms with Gasteiger partial charge in [-0.15, -0.1) is 0 Å². The minimum Gasteiger partial charge on any atom is -0.481 e. The fraction of sp³-hybridized carbons (Fsp3) is 0.158. The molecule has 1 heterocycles. The first-order valence-electron chi connectivity index (χ1n) is 7.62. The second kappa shape index (κ2) is 6.66. The van der Waals surface area contributed by atoms with Crippen molar-refractivity contribution in [2.75, 3.05) is 5.32 Å². The largest absolute Gasteiger partial charge is 0.481 e. The van der Waals surface area contributed by atoms with Crippen molar-refractivity contribution in [3.8, 4) is 5.75 Å². The first kappa shape index (κ1) is 15.9. The summed E-state index contributed by atoms with van der Waals surface area (Å²) in [5.41, 5.74) is 2.57. The number of carbonyl (C=O) groups excluding carboxylic acids is 1. The number of fused-ring (bicyclic) bond motifs is 1. The molecule has 24 heavy (non-hydrogen) atoms. The number of aromatic nitrogens is 1. The zero-order valence-corrected chi connectivity index (χ0v) is 13.4. The number of nitrogens with one attached hydrogen (secondary N) is 1. The summed E-state index contributed by atoms with van der Waals surface area (Å²) in [5, 5.41) is 3.74. The molecule has 1 N–H and O–H groups in total. The Hall–Kier alpha value is -2.95. The molecular weight excluding hydrogens is 307 g/mol. The van der Waals surface area contributed by atoms with Crippen molar-refractivity contribution < 1.29 is 13.9 Å². The number of rotatable bonds is 4. The summed E-state index contributed by atoms with van der Waals surface area (Å²) >= 11 is 0. The highest BCUT2D eigenvalue weighted by atomic mass is 19.1. The molecule has 122 valence electrons. The normalized spacial score (nSPS) is 12.0. The van der Waals surface area contributed by atoms with Gasteiger partial charge < -0.3 is 10.1 Å². The lowest BCUT2D eigenvalue weighted by Gasteiger charge is -2.16. The second-order valence-corrected chi connectivity index (χ2v) is 5.53. The van der Waals surface area contributed by atoms with Crippen molar-refractivity contribution in [1.29, 1.82) is 0 Å². The quantitative estimate of drug-likeness (QED) is 0.786. The summed E-state index contributed by atoms with van der Waals surface area (Å²) in [6.07, 6.45) is 1.00. The minimum atomic E-state index is -0.719. The maximum Gasteiger partial charge on any atom is 0.265 e. The van der Waals surface area contributed by atoms with E-state index in [2.05, 4.69) is 10.3 Å². The molecule has 0 radical (unpaired) electrons. The van der Waals surface area contributed by atoms with E-state index in [9.17, 15) is 9.18 Å². The molecule has 0 aliphatic rings. The van der Waals surface area contributed by atoms with Gasteiger partial charge in [0.1, 0.15) is 11.6 Å². The predicted octanol–water partition coefficient (Wildman–Crippen LogP) is 4.09. The average Bonchev–Trinajstić information content (AvgIpc) is 2.59. The lowest BCUT2D eigenvalue weighted by atomic mass is 10.1. The molecule has 2 aromatic carbocycles. The van der Waals surface area contributed by atoms with Gasteiger partial charge in [0.25, 0.3) is 5.91 Å². The molecular formula is C19H17FN2O2. The minimum absolute atomic E-state index is 0.284. The topological polar surface area (TPSA) is 51.2 Å². The van der Waals surface area contributed by atoms with Crippen LogP contribution in [-0.4, -0.2) is 17.0 Å². The Morgan fingerprint density at radius 2 is 1.92 bits per heavy atom. The van der Waals surface area contributed by atoms with Gasteiger partial charge in [0, 0.05) is 11.6 Å². The molecule has 1 atom stereocenters. The third-order valence-corrected chi connectivity index (χ3v) is 3.72. The standard InChI is InChI=1S/C19H17FN2O2/c1-12-5-10-17(16-4-3-11-21-18(12)16)22-19(23)13(2)24-15-8-6-14(20)7-9-15/h3-11,13H,1-2H3,(H,22,23). The van der Waals surface area contributed by atoms with Crippen LogP contribution in [0.3, 0.4) is 0 Å². The van der Waals surface area contributed by atoms with E-state index in [-0.39, 0.29) is 11.7 Å². The van der Waals surface area contributed by atoms with Crippen LogP contribution in [0.1, 0.15) is 12.5 Å². The number of benzene rings is 2. The van der Waals surface area contributed by atoms with Gasteiger partial charge in [0.05, 0.1) is 11.2 Å². The number of ether oxygens (including phenoxy) is 1. The third-order valence-electron chi connectivity index (χ3n) is 3.72. The average molecular weight is 324 g/mol. The Balaban J connectivity index is 1.77. The van der Waals surface area contributed by atoms with Gasteiger partial charge in [-0.25, -0.2) is 4.39 Å². The number of carbonyl (C=O) groups is 1. The van der Waals surface area contributed by atoms with Gasteiger partial charge in [-0.05, 0) is 61.9 Å². The Labute approximate surface area is 139 Å². The summed E-state index contributed by atoms with van der Waals surface area (Å²) in [7, 11) is 0. The highest BCUT2D eigenvalue weighted by Gasteiger charge is 2.16. The molecule has 0 aliphatic heterocycles. The van der Waals surface area contributed by atoms with Crippen molar-refractivity contribution in [2.45, 2.75) is 20.0 Å². The van der Waals surface area contributed by atoms with Gasteiger partial charge in [0.2, 0.25) is 0 Å². The van der Waals surface area contributed by atoms with Crippen molar-refractivity contribution in [3.63, 3.8) is 0 Å². The van der Waals surface area contributed by atoms with E-state index in [0.29, 0.717) is 11.4 Å². The molecule has 3 aromatic rings. The van der Waals surface area contributed by atoms with Crippen molar-refractivity contribution in [1.82, 2.24) is 4.98 Å². The van der Waals surface area contributed by atoms with Crippen LogP contribution in [0.2, 0.25) is 0 Å². The van der Waals surface area contributed by atoms with Crippen LogP contribution >= 0.6 is 0 Å². The smallest absolute Gasteiger partial charge is 0.265 e. The number of hydrogen-bond donors (Lipinski definition) is 1.